The van der Waals surface area contributed by atoms with Crippen LogP contribution in [0.3, 0.4) is 0 Å². The van der Waals surface area contributed by atoms with Gasteiger partial charge in [0.1, 0.15) is 5.75 Å². The van der Waals surface area contributed by atoms with Crippen LogP contribution < -0.4 is 4.74 Å². The van der Waals surface area contributed by atoms with Gasteiger partial charge < -0.3 is 4.74 Å². The second kappa shape index (κ2) is 6.75. The van der Waals surface area contributed by atoms with Crippen LogP contribution in [0.15, 0.2) is 24.3 Å². The molecule has 1 N–H and O–H groups in total. The second-order valence-corrected chi connectivity index (χ2v) is 6.15. The Morgan fingerprint density at radius 2 is 1.89 bits per heavy atom. The molecule has 1 unspecified atom stereocenters. The van der Waals surface area contributed by atoms with Gasteiger partial charge in [-0.2, -0.15) is 8.42 Å². The van der Waals surface area contributed by atoms with Crippen molar-refractivity contribution >= 4 is 10.1 Å². The van der Waals surface area contributed by atoms with E-state index in [4.69, 9.17) is 9.29 Å². The van der Waals surface area contributed by atoms with E-state index < -0.39 is 10.1 Å². The Kier molecular flexibility index (Phi) is 5.62. The summed E-state index contributed by atoms with van der Waals surface area (Å²) >= 11 is 0. The third-order valence-electron chi connectivity index (χ3n) is 2.63. The monoisotopic (exact) mass is 272 g/mol. The Morgan fingerprint density at radius 1 is 1.28 bits per heavy atom. The maximum Gasteiger partial charge on any atom is 0.265 e. The molecular formula is C13H20O4S. The molecule has 5 heteroatoms. The standard InChI is InChI=1S/C13H20O4S/c1-11-5-7-13(8-6-11)17-9-3-4-12(2)10-18(14,15)16/h5-8,12H,3-4,9-10H2,1-2H3,(H,14,15,16). The van der Waals surface area contributed by atoms with Crippen molar-refractivity contribution in [1.29, 1.82) is 0 Å². The fourth-order valence-corrected chi connectivity index (χ4v) is 2.58. The number of ether oxygens (including phenoxy) is 1. The third kappa shape index (κ3) is 6.61. The Hall–Kier alpha value is -1.07. The predicted molar refractivity (Wildman–Crippen MR) is 71.5 cm³/mol. The maximum absolute atomic E-state index is 10.7. The van der Waals surface area contributed by atoms with E-state index in [0.717, 1.165) is 12.2 Å². The summed E-state index contributed by atoms with van der Waals surface area (Å²) in [4.78, 5) is 0. The first-order valence-corrected chi connectivity index (χ1v) is 7.62. The Balaban J connectivity index is 2.21. The Labute approximate surface area is 109 Å². The molecule has 1 rings (SSSR count). The molecule has 0 amide bonds. The summed E-state index contributed by atoms with van der Waals surface area (Å²) in [6.45, 7) is 4.37. The van der Waals surface area contributed by atoms with Crippen LogP contribution in [0.2, 0.25) is 0 Å². The van der Waals surface area contributed by atoms with Gasteiger partial charge in [-0.1, -0.05) is 24.6 Å². The number of benzene rings is 1. The minimum atomic E-state index is -3.86. The summed E-state index contributed by atoms with van der Waals surface area (Å²) in [5.74, 6) is 0.585. The first-order valence-electron chi connectivity index (χ1n) is 6.01. The highest BCUT2D eigenvalue weighted by atomic mass is 32.2. The van der Waals surface area contributed by atoms with Gasteiger partial charge in [-0.15, -0.1) is 0 Å². The normalized spacial score (nSPS) is 13.3. The molecule has 102 valence electrons. The van der Waals surface area contributed by atoms with Crippen molar-refractivity contribution in [2.75, 3.05) is 12.4 Å². The molecule has 0 heterocycles. The van der Waals surface area contributed by atoms with E-state index >= 15 is 0 Å². The molecule has 0 fully saturated rings. The van der Waals surface area contributed by atoms with E-state index in [1.54, 1.807) is 6.92 Å². The lowest BCUT2D eigenvalue weighted by atomic mass is 10.1. The summed E-state index contributed by atoms with van der Waals surface area (Å²) in [6, 6.07) is 7.79. The zero-order valence-electron chi connectivity index (χ0n) is 10.8. The lowest BCUT2D eigenvalue weighted by Crippen LogP contribution is -2.13. The van der Waals surface area contributed by atoms with Gasteiger partial charge in [-0.25, -0.2) is 0 Å². The van der Waals surface area contributed by atoms with Crippen LogP contribution in [0, 0.1) is 12.8 Å². The van der Waals surface area contributed by atoms with Crippen LogP contribution in [-0.4, -0.2) is 25.3 Å². The summed E-state index contributed by atoms with van der Waals surface area (Å²) in [6.07, 6.45) is 1.48. The molecule has 0 aromatic heterocycles. The molecule has 0 radical (unpaired) electrons. The minimum Gasteiger partial charge on any atom is -0.494 e. The Bertz CT molecular complexity index is 450. The van der Waals surface area contributed by atoms with Crippen LogP contribution in [-0.2, 0) is 10.1 Å². The molecule has 0 saturated heterocycles. The molecule has 1 aromatic carbocycles. The fraction of sp³-hybridized carbons (Fsp3) is 0.538. The molecule has 18 heavy (non-hydrogen) atoms. The zero-order valence-corrected chi connectivity index (χ0v) is 11.6. The summed E-state index contributed by atoms with van der Waals surface area (Å²) < 4.78 is 35.5. The van der Waals surface area contributed by atoms with Gasteiger partial charge >= 0.3 is 0 Å². The number of hydrogen-bond acceptors (Lipinski definition) is 3. The van der Waals surface area contributed by atoms with E-state index in [1.807, 2.05) is 31.2 Å². The summed E-state index contributed by atoms with van der Waals surface area (Å²) in [5.41, 5.74) is 1.18. The molecule has 0 spiro atoms. The van der Waals surface area contributed by atoms with E-state index in [-0.39, 0.29) is 11.7 Å². The summed E-state index contributed by atoms with van der Waals surface area (Å²) in [7, 11) is -3.86. The molecular weight excluding hydrogens is 252 g/mol. The first-order chi connectivity index (χ1) is 8.37. The number of aryl methyl sites for hydroxylation is 1. The lowest BCUT2D eigenvalue weighted by Gasteiger charge is -2.10. The molecule has 1 aromatic rings. The predicted octanol–water partition coefficient (Wildman–Crippen LogP) is 2.68. The largest absolute Gasteiger partial charge is 0.494 e. The smallest absolute Gasteiger partial charge is 0.265 e. The molecule has 0 bridgehead atoms. The van der Waals surface area contributed by atoms with Gasteiger partial charge in [-0.3, -0.25) is 4.55 Å². The van der Waals surface area contributed by atoms with Crippen LogP contribution in [0.5, 0.6) is 5.75 Å². The van der Waals surface area contributed by atoms with Crippen molar-refractivity contribution in [1.82, 2.24) is 0 Å². The van der Waals surface area contributed by atoms with Crippen LogP contribution in [0.4, 0.5) is 0 Å². The van der Waals surface area contributed by atoms with Gasteiger partial charge in [-0.05, 0) is 37.8 Å². The highest BCUT2D eigenvalue weighted by Crippen LogP contribution is 2.13. The van der Waals surface area contributed by atoms with E-state index in [1.165, 1.54) is 5.56 Å². The van der Waals surface area contributed by atoms with Crippen LogP contribution in [0.1, 0.15) is 25.3 Å². The van der Waals surface area contributed by atoms with Gasteiger partial charge in [0.2, 0.25) is 0 Å². The highest BCUT2D eigenvalue weighted by molar-refractivity contribution is 7.85. The van der Waals surface area contributed by atoms with Crippen LogP contribution >= 0.6 is 0 Å². The van der Waals surface area contributed by atoms with Crippen molar-refractivity contribution in [3.8, 4) is 5.75 Å². The van der Waals surface area contributed by atoms with E-state index in [0.29, 0.717) is 13.0 Å². The average Bonchev–Trinajstić information content (AvgIpc) is 2.24. The van der Waals surface area contributed by atoms with Crippen molar-refractivity contribution < 1.29 is 17.7 Å². The molecule has 1 atom stereocenters. The van der Waals surface area contributed by atoms with Crippen molar-refractivity contribution in [3.63, 3.8) is 0 Å². The number of rotatable bonds is 7. The van der Waals surface area contributed by atoms with E-state index in [2.05, 4.69) is 0 Å². The highest BCUT2D eigenvalue weighted by Gasteiger charge is 2.11. The number of hydrogen-bond donors (Lipinski definition) is 1. The average molecular weight is 272 g/mol. The summed E-state index contributed by atoms with van der Waals surface area (Å²) in [5, 5.41) is 0. The van der Waals surface area contributed by atoms with E-state index in [9.17, 15) is 8.42 Å². The Morgan fingerprint density at radius 3 is 2.44 bits per heavy atom. The lowest BCUT2D eigenvalue weighted by molar-refractivity contribution is 0.297. The van der Waals surface area contributed by atoms with Crippen molar-refractivity contribution in [2.24, 2.45) is 5.92 Å². The molecule has 0 aliphatic heterocycles. The van der Waals surface area contributed by atoms with Gasteiger partial charge in [0, 0.05) is 0 Å². The van der Waals surface area contributed by atoms with Crippen LogP contribution in [0.25, 0.3) is 0 Å². The topological polar surface area (TPSA) is 63.6 Å². The van der Waals surface area contributed by atoms with Crippen molar-refractivity contribution in [2.45, 2.75) is 26.7 Å². The SMILES string of the molecule is Cc1ccc(OCCCC(C)CS(=O)(=O)O)cc1. The molecule has 0 aliphatic rings. The second-order valence-electron chi connectivity index (χ2n) is 4.66. The van der Waals surface area contributed by atoms with Gasteiger partial charge in [0.25, 0.3) is 10.1 Å². The molecule has 0 aliphatic carbocycles. The maximum atomic E-state index is 10.7. The van der Waals surface area contributed by atoms with Gasteiger partial charge in [0.05, 0.1) is 12.4 Å². The quantitative estimate of drug-likeness (QED) is 0.612. The molecule has 4 nitrogen and oxygen atoms in total. The minimum absolute atomic E-state index is 0.0541. The van der Waals surface area contributed by atoms with Gasteiger partial charge in [0.15, 0.2) is 0 Å². The van der Waals surface area contributed by atoms with Crippen molar-refractivity contribution in [3.05, 3.63) is 29.8 Å². The third-order valence-corrected chi connectivity index (χ3v) is 3.62. The zero-order chi connectivity index (χ0) is 13.6. The first kappa shape index (κ1) is 15.0. The molecule has 0 saturated carbocycles. The fourth-order valence-electron chi connectivity index (χ4n) is 1.70.